The van der Waals surface area contributed by atoms with Gasteiger partial charge in [0.15, 0.2) is 17.3 Å². The van der Waals surface area contributed by atoms with Crippen molar-refractivity contribution in [2.24, 2.45) is 5.41 Å². The van der Waals surface area contributed by atoms with Gasteiger partial charge in [0, 0.05) is 16.5 Å². The molecule has 0 aliphatic heterocycles. The van der Waals surface area contributed by atoms with Crippen LogP contribution in [-0.4, -0.2) is 21.1 Å². The average Bonchev–Trinajstić information content (AvgIpc) is 2.22. The summed E-state index contributed by atoms with van der Waals surface area (Å²) in [6.07, 6.45) is 0. The number of phenolic OH excluding ortho intramolecular Hbond substituents is 3. The molecule has 4 heteroatoms. The maximum Gasteiger partial charge on any atom is 0.172 e. The van der Waals surface area contributed by atoms with Gasteiger partial charge in [-0.3, -0.25) is 4.79 Å². The number of phenols is 3. The highest BCUT2D eigenvalue weighted by molar-refractivity contribution is 6.04. The molecule has 0 atom stereocenters. The van der Waals surface area contributed by atoms with Gasteiger partial charge in [0.25, 0.3) is 0 Å². The summed E-state index contributed by atoms with van der Waals surface area (Å²) in [4.78, 5) is 12.2. The van der Waals surface area contributed by atoms with Gasteiger partial charge >= 0.3 is 0 Å². The summed E-state index contributed by atoms with van der Waals surface area (Å²) in [5.41, 5.74) is -0.283. The highest BCUT2D eigenvalue weighted by Gasteiger charge is 2.30. The zero-order valence-electron chi connectivity index (χ0n) is 10.7. The molecule has 1 aromatic rings. The van der Waals surface area contributed by atoms with Gasteiger partial charge < -0.3 is 15.3 Å². The van der Waals surface area contributed by atoms with Crippen LogP contribution >= 0.6 is 0 Å². The number of hydrogen-bond acceptors (Lipinski definition) is 4. The van der Waals surface area contributed by atoms with Gasteiger partial charge in [-0.05, 0) is 13.8 Å². The first-order valence-corrected chi connectivity index (χ1v) is 5.37. The lowest BCUT2D eigenvalue weighted by molar-refractivity contribution is 0.0854. The summed E-state index contributed by atoms with van der Waals surface area (Å²) in [7, 11) is 0. The second-order valence-electron chi connectivity index (χ2n) is 5.25. The number of ketones is 1. The van der Waals surface area contributed by atoms with Crippen molar-refractivity contribution in [3.63, 3.8) is 0 Å². The second-order valence-corrected chi connectivity index (χ2v) is 5.25. The van der Waals surface area contributed by atoms with Crippen LogP contribution in [0.5, 0.6) is 17.2 Å². The van der Waals surface area contributed by atoms with Gasteiger partial charge in [0.2, 0.25) is 0 Å². The van der Waals surface area contributed by atoms with Crippen LogP contribution in [0.2, 0.25) is 0 Å². The van der Waals surface area contributed by atoms with E-state index in [1.807, 2.05) is 0 Å². The molecule has 0 bridgehead atoms. The first kappa shape index (κ1) is 13.4. The Bertz CT molecular complexity index is 452. The predicted octanol–water partition coefficient (Wildman–Crippen LogP) is 2.65. The number of rotatable bonds is 1. The zero-order chi connectivity index (χ0) is 13.5. The van der Waals surface area contributed by atoms with E-state index in [1.54, 1.807) is 20.8 Å². The van der Waals surface area contributed by atoms with Gasteiger partial charge in [0.05, 0.1) is 5.56 Å². The number of hydrogen-bond donors (Lipinski definition) is 3. The van der Waals surface area contributed by atoms with Crippen molar-refractivity contribution >= 4 is 5.78 Å². The summed E-state index contributed by atoms with van der Waals surface area (Å²) in [6.45, 7) is 8.13. The maximum atomic E-state index is 12.2. The molecular weight excluding hydrogens is 220 g/mol. The molecule has 3 N–H and O–H groups in total. The highest BCUT2D eigenvalue weighted by atomic mass is 16.3. The molecule has 0 aromatic heterocycles. The lowest BCUT2D eigenvalue weighted by Gasteiger charge is -2.21. The van der Waals surface area contributed by atoms with Crippen molar-refractivity contribution in [1.82, 2.24) is 0 Å². The van der Waals surface area contributed by atoms with Crippen molar-refractivity contribution < 1.29 is 20.1 Å². The van der Waals surface area contributed by atoms with Crippen LogP contribution in [0.25, 0.3) is 0 Å². The third kappa shape index (κ3) is 2.07. The molecule has 0 saturated heterocycles. The first-order valence-electron chi connectivity index (χ1n) is 5.37. The van der Waals surface area contributed by atoms with E-state index in [4.69, 9.17) is 0 Å². The summed E-state index contributed by atoms with van der Waals surface area (Å²) in [5.74, 6) is -1.28. The molecule has 0 saturated carbocycles. The SMILES string of the molecule is Cc1c(O)c(O)c(C)c(C(=O)C(C)(C)C)c1O. The molecule has 0 spiro atoms. The molecular formula is C13H18O4. The fraction of sp³-hybridized carbons (Fsp3) is 0.462. The van der Waals surface area contributed by atoms with E-state index in [1.165, 1.54) is 13.8 Å². The topological polar surface area (TPSA) is 77.8 Å². The molecule has 4 nitrogen and oxygen atoms in total. The molecule has 0 radical (unpaired) electrons. The Morgan fingerprint density at radius 3 is 1.71 bits per heavy atom. The van der Waals surface area contributed by atoms with Crippen molar-refractivity contribution in [3.05, 3.63) is 16.7 Å². The molecule has 0 fully saturated rings. The minimum absolute atomic E-state index is 0.0744. The lowest BCUT2D eigenvalue weighted by atomic mass is 9.83. The standard InChI is InChI=1S/C13H18O4/c1-6-8(12(17)13(3,4)5)9(14)7(2)11(16)10(6)15/h14-16H,1-5H3. The lowest BCUT2D eigenvalue weighted by Crippen LogP contribution is -2.21. The zero-order valence-corrected chi connectivity index (χ0v) is 10.7. The monoisotopic (exact) mass is 238 g/mol. The molecule has 0 unspecified atom stereocenters. The minimum atomic E-state index is -0.669. The van der Waals surface area contributed by atoms with E-state index in [0.717, 1.165) is 0 Å². The minimum Gasteiger partial charge on any atom is -0.507 e. The molecule has 0 amide bonds. The first-order chi connectivity index (χ1) is 7.59. The summed E-state index contributed by atoms with van der Waals surface area (Å²) >= 11 is 0. The Morgan fingerprint density at radius 2 is 1.29 bits per heavy atom. The van der Waals surface area contributed by atoms with Gasteiger partial charge in [-0.15, -0.1) is 0 Å². The molecule has 0 heterocycles. The Balaban J connectivity index is 3.62. The van der Waals surface area contributed by atoms with Crippen molar-refractivity contribution in [2.75, 3.05) is 0 Å². The van der Waals surface area contributed by atoms with Crippen LogP contribution in [0, 0.1) is 19.3 Å². The number of carbonyl (C=O) groups is 1. The summed E-state index contributed by atoms with van der Waals surface area (Å²) in [5, 5.41) is 29.2. The fourth-order valence-electron chi connectivity index (χ4n) is 1.60. The van der Waals surface area contributed by atoms with E-state index in [0.29, 0.717) is 0 Å². The van der Waals surface area contributed by atoms with Gasteiger partial charge in [-0.1, -0.05) is 20.8 Å². The van der Waals surface area contributed by atoms with Crippen LogP contribution in [-0.2, 0) is 0 Å². The van der Waals surface area contributed by atoms with Crippen LogP contribution in [0.3, 0.4) is 0 Å². The third-order valence-electron chi connectivity index (χ3n) is 2.81. The quantitative estimate of drug-likeness (QED) is 0.399. The van der Waals surface area contributed by atoms with Crippen LogP contribution in [0.15, 0.2) is 0 Å². The van der Waals surface area contributed by atoms with Gasteiger partial charge in [-0.25, -0.2) is 0 Å². The number of aromatic hydroxyl groups is 3. The van der Waals surface area contributed by atoms with E-state index < -0.39 is 5.41 Å². The highest BCUT2D eigenvalue weighted by Crippen LogP contribution is 2.43. The van der Waals surface area contributed by atoms with E-state index >= 15 is 0 Å². The Hall–Kier alpha value is -1.71. The van der Waals surface area contributed by atoms with E-state index in [2.05, 4.69) is 0 Å². The van der Waals surface area contributed by atoms with Gasteiger partial charge in [0.1, 0.15) is 5.75 Å². The Morgan fingerprint density at radius 1 is 0.882 bits per heavy atom. The van der Waals surface area contributed by atoms with Gasteiger partial charge in [-0.2, -0.15) is 0 Å². The van der Waals surface area contributed by atoms with E-state index in [9.17, 15) is 20.1 Å². The molecule has 17 heavy (non-hydrogen) atoms. The molecule has 0 aliphatic carbocycles. The molecule has 1 aromatic carbocycles. The molecule has 1 rings (SSSR count). The Kier molecular flexibility index (Phi) is 3.10. The maximum absolute atomic E-state index is 12.2. The third-order valence-corrected chi connectivity index (χ3v) is 2.81. The van der Waals surface area contributed by atoms with Crippen molar-refractivity contribution in [2.45, 2.75) is 34.6 Å². The van der Waals surface area contributed by atoms with Crippen LogP contribution in [0.1, 0.15) is 42.3 Å². The fourth-order valence-corrected chi connectivity index (χ4v) is 1.60. The Labute approximate surface area is 101 Å². The average molecular weight is 238 g/mol. The van der Waals surface area contributed by atoms with Crippen molar-refractivity contribution in [1.29, 1.82) is 0 Å². The molecule has 94 valence electrons. The number of carbonyl (C=O) groups excluding carboxylic acids is 1. The van der Waals surface area contributed by atoms with Crippen LogP contribution < -0.4 is 0 Å². The predicted molar refractivity (Wildman–Crippen MR) is 64.7 cm³/mol. The van der Waals surface area contributed by atoms with Crippen LogP contribution in [0.4, 0.5) is 0 Å². The number of benzene rings is 1. The molecule has 0 aliphatic rings. The normalized spacial score (nSPS) is 11.6. The largest absolute Gasteiger partial charge is 0.507 e. The summed E-state index contributed by atoms with van der Waals surface area (Å²) < 4.78 is 0. The second kappa shape index (κ2) is 3.95. The van der Waals surface area contributed by atoms with E-state index in [-0.39, 0.29) is 39.7 Å². The number of Topliss-reactive ketones (excluding diaryl/α,β-unsaturated/α-hetero) is 1. The smallest absolute Gasteiger partial charge is 0.172 e. The van der Waals surface area contributed by atoms with Crippen molar-refractivity contribution in [3.8, 4) is 17.2 Å². The summed E-state index contributed by atoms with van der Waals surface area (Å²) in [6, 6.07) is 0.